The first kappa shape index (κ1) is 14.3. The van der Waals surface area contributed by atoms with Crippen LogP contribution < -0.4 is 5.32 Å². The maximum absolute atomic E-state index is 12.6. The average molecular weight is 323 g/mol. The zero-order chi connectivity index (χ0) is 15.8. The van der Waals surface area contributed by atoms with Crippen molar-refractivity contribution in [2.75, 3.05) is 0 Å². The number of amides is 1. The molecule has 0 saturated heterocycles. The Morgan fingerprint density at radius 3 is 2.78 bits per heavy atom. The number of rotatable bonds is 4. The van der Waals surface area contributed by atoms with Crippen LogP contribution in [0.2, 0.25) is 0 Å². The summed E-state index contributed by atoms with van der Waals surface area (Å²) < 4.78 is 0. The molecule has 0 aliphatic heterocycles. The molecule has 1 aliphatic carbocycles. The van der Waals surface area contributed by atoms with E-state index in [-0.39, 0.29) is 11.9 Å². The van der Waals surface area contributed by atoms with Gasteiger partial charge in [0, 0.05) is 16.5 Å². The molecule has 0 bridgehead atoms. The molecule has 1 atom stereocenters. The molecular formula is C18H17N3OS. The fraction of sp³-hybridized carbons (Fsp3) is 0.278. The van der Waals surface area contributed by atoms with Crippen molar-refractivity contribution in [3.05, 3.63) is 58.2 Å². The van der Waals surface area contributed by atoms with Gasteiger partial charge in [0.2, 0.25) is 0 Å². The van der Waals surface area contributed by atoms with Crippen LogP contribution in [0, 0.1) is 12.8 Å². The lowest BCUT2D eigenvalue weighted by Crippen LogP contribution is -2.30. The van der Waals surface area contributed by atoms with E-state index in [4.69, 9.17) is 0 Å². The molecule has 1 fully saturated rings. The SMILES string of the molecule is Cc1csc([C@@H](NC(=O)c2ccc3ccccc3n2)C2CC2)n1. The zero-order valence-corrected chi connectivity index (χ0v) is 13.6. The number of pyridine rings is 1. The van der Waals surface area contributed by atoms with E-state index in [0.717, 1.165) is 34.4 Å². The number of hydrogen-bond acceptors (Lipinski definition) is 4. The van der Waals surface area contributed by atoms with Gasteiger partial charge in [-0.2, -0.15) is 0 Å². The first-order valence-corrected chi connectivity index (χ1v) is 8.67. The first-order chi connectivity index (χ1) is 11.2. The summed E-state index contributed by atoms with van der Waals surface area (Å²) in [5.41, 5.74) is 2.31. The molecular weight excluding hydrogens is 306 g/mol. The number of nitrogens with one attached hydrogen (secondary N) is 1. The van der Waals surface area contributed by atoms with Crippen molar-refractivity contribution in [3.8, 4) is 0 Å². The summed E-state index contributed by atoms with van der Waals surface area (Å²) in [6.45, 7) is 1.98. The number of carbonyl (C=O) groups is 1. The zero-order valence-electron chi connectivity index (χ0n) is 12.8. The highest BCUT2D eigenvalue weighted by molar-refractivity contribution is 7.09. The van der Waals surface area contributed by atoms with Gasteiger partial charge in [0.1, 0.15) is 10.7 Å². The normalized spacial score (nSPS) is 15.5. The maximum Gasteiger partial charge on any atom is 0.270 e. The van der Waals surface area contributed by atoms with Gasteiger partial charge in [-0.15, -0.1) is 11.3 Å². The number of aromatic nitrogens is 2. The lowest BCUT2D eigenvalue weighted by molar-refractivity contribution is 0.0927. The van der Waals surface area contributed by atoms with E-state index < -0.39 is 0 Å². The van der Waals surface area contributed by atoms with Crippen LogP contribution in [0.3, 0.4) is 0 Å². The molecule has 4 nitrogen and oxygen atoms in total. The van der Waals surface area contributed by atoms with Gasteiger partial charge in [-0.05, 0) is 37.8 Å². The predicted molar refractivity (Wildman–Crippen MR) is 91.5 cm³/mol. The van der Waals surface area contributed by atoms with Crippen LogP contribution >= 0.6 is 11.3 Å². The minimum atomic E-state index is -0.125. The molecule has 1 amide bonds. The molecule has 23 heavy (non-hydrogen) atoms. The van der Waals surface area contributed by atoms with Gasteiger partial charge in [-0.3, -0.25) is 4.79 Å². The Labute approximate surface area is 138 Å². The second kappa shape index (κ2) is 5.74. The Hall–Kier alpha value is -2.27. The van der Waals surface area contributed by atoms with Gasteiger partial charge in [0.25, 0.3) is 5.91 Å². The summed E-state index contributed by atoms with van der Waals surface area (Å²) in [5, 5.41) is 7.21. The molecule has 4 rings (SSSR count). The number of para-hydroxylation sites is 1. The van der Waals surface area contributed by atoms with Crippen LogP contribution in [-0.2, 0) is 0 Å². The third-order valence-electron chi connectivity index (χ3n) is 4.11. The quantitative estimate of drug-likeness (QED) is 0.792. The lowest BCUT2D eigenvalue weighted by Gasteiger charge is -2.15. The summed E-state index contributed by atoms with van der Waals surface area (Å²) in [6, 6.07) is 11.6. The second-order valence-corrected chi connectivity index (χ2v) is 6.89. The minimum Gasteiger partial charge on any atom is -0.341 e. The van der Waals surface area contributed by atoms with Crippen molar-refractivity contribution in [2.24, 2.45) is 5.92 Å². The summed E-state index contributed by atoms with van der Waals surface area (Å²) >= 11 is 1.62. The molecule has 2 aromatic heterocycles. The summed E-state index contributed by atoms with van der Waals surface area (Å²) in [5.74, 6) is 0.380. The van der Waals surface area contributed by atoms with E-state index in [2.05, 4.69) is 15.3 Å². The number of fused-ring (bicyclic) bond motifs is 1. The topological polar surface area (TPSA) is 54.9 Å². The molecule has 0 radical (unpaired) electrons. The molecule has 1 saturated carbocycles. The lowest BCUT2D eigenvalue weighted by atomic mass is 10.1. The number of aryl methyl sites for hydroxylation is 1. The Morgan fingerprint density at radius 2 is 2.04 bits per heavy atom. The van der Waals surface area contributed by atoms with Crippen molar-refractivity contribution >= 4 is 28.1 Å². The highest BCUT2D eigenvalue weighted by Crippen LogP contribution is 2.41. The first-order valence-electron chi connectivity index (χ1n) is 7.79. The monoisotopic (exact) mass is 323 g/mol. The Morgan fingerprint density at radius 1 is 1.22 bits per heavy atom. The maximum atomic E-state index is 12.6. The van der Waals surface area contributed by atoms with Crippen molar-refractivity contribution in [2.45, 2.75) is 25.8 Å². The summed E-state index contributed by atoms with van der Waals surface area (Å²) in [4.78, 5) is 21.6. The van der Waals surface area contributed by atoms with Crippen LogP contribution in [0.5, 0.6) is 0 Å². The van der Waals surface area contributed by atoms with Gasteiger partial charge < -0.3 is 5.32 Å². The number of carbonyl (C=O) groups excluding carboxylic acids is 1. The molecule has 5 heteroatoms. The summed E-state index contributed by atoms with van der Waals surface area (Å²) in [6.07, 6.45) is 2.30. The van der Waals surface area contributed by atoms with Crippen LogP contribution in [0.25, 0.3) is 10.9 Å². The van der Waals surface area contributed by atoms with E-state index in [9.17, 15) is 4.79 Å². The van der Waals surface area contributed by atoms with Gasteiger partial charge >= 0.3 is 0 Å². The highest BCUT2D eigenvalue weighted by Gasteiger charge is 2.35. The molecule has 1 aromatic carbocycles. The van der Waals surface area contributed by atoms with Crippen molar-refractivity contribution in [3.63, 3.8) is 0 Å². The standard InChI is InChI=1S/C18H17N3OS/c1-11-10-23-18(19-11)16(13-6-7-13)21-17(22)15-9-8-12-4-2-3-5-14(12)20-15/h2-5,8-10,13,16H,6-7H2,1H3,(H,21,22)/t16-/m0/s1. The largest absolute Gasteiger partial charge is 0.341 e. The molecule has 2 heterocycles. The summed E-state index contributed by atoms with van der Waals surface area (Å²) in [7, 11) is 0. The molecule has 1 N–H and O–H groups in total. The second-order valence-electron chi connectivity index (χ2n) is 6.00. The van der Waals surface area contributed by atoms with Crippen LogP contribution in [0.1, 0.15) is 40.1 Å². The number of benzene rings is 1. The average Bonchev–Trinajstić information content (AvgIpc) is 3.33. The van der Waals surface area contributed by atoms with Crippen LogP contribution in [-0.4, -0.2) is 15.9 Å². The molecule has 1 aliphatic rings. The van der Waals surface area contributed by atoms with E-state index in [1.54, 1.807) is 17.4 Å². The van der Waals surface area contributed by atoms with Crippen LogP contribution in [0.15, 0.2) is 41.8 Å². The van der Waals surface area contributed by atoms with Crippen LogP contribution in [0.4, 0.5) is 0 Å². The van der Waals surface area contributed by atoms with Crippen molar-refractivity contribution < 1.29 is 4.79 Å². The third kappa shape index (κ3) is 2.97. The number of nitrogens with zero attached hydrogens (tertiary/aromatic N) is 2. The van der Waals surface area contributed by atoms with Gasteiger partial charge in [0.15, 0.2) is 0 Å². The van der Waals surface area contributed by atoms with E-state index >= 15 is 0 Å². The molecule has 0 spiro atoms. The van der Waals surface area contributed by atoms with Gasteiger partial charge in [0.05, 0.1) is 11.6 Å². The predicted octanol–water partition coefficient (Wildman–Crippen LogP) is 3.88. The van der Waals surface area contributed by atoms with Gasteiger partial charge in [-0.25, -0.2) is 9.97 Å². The number of hydrogen-bond donors (Lipinski definition) is 1. The fourth-order valence-electron chi connectivity index (χ4n) is 2.73. The van der Waals surface area contributed by atoms with Gasteiger partial charge in [-0.1, -0.05) is 24.3 Å². The minimum absolute atomic E-state index is 0.00877. The van der Waals surface area contributed by atoms with Crippen molar-refractivity contribution in [1.29, 1.82) is 0 Å². The number of thiazole rings is 1. The molecule has 116 valence electrons. The highest BCUT2D eigenvalue weighted by atomic mass is 32.1. The Balaban J connectivity index is 1.59. The fourth-order valence-corrected chi connectivity index (χ4v) is 3.67. The van der Waals surface area contributed by atoms with E-state index in [0.29, 0.717) is 11.6 Å². The van der Waals surface area contributed by atoms with E-state index in [1.807, 2.05) is 42.6 Å². The smallest absolute Gasteiger partial charge is 0.270 e. The molecule has 0 unspecified atom stereocenters. The Bertz CT molecular complexity index is 869. The van der Waals surface area contributed by atoms with Crippen molar-refractivity contribution in [1.82, 2.24) is 15.3 Å². The third-order valence-corrected chi connectivity index (χ3v) is 5.16. The van der Waals surface area contributed by atoms with E-state index in [1.165, 1.54) is 0 Å². The Kier molecular flexibility index (Phi) is 3.58. The molecule has 3 aromatic rings.